The molecule has 1 N–H and O–H groups in total. The average Bonchev–Trinajstić information content (AvgIpc) is 3.06. The van der Waals surface area contributed by atoms with Crippen LogP contribution >= 0.6 is 0 Å². The van der Waals surface area contributed by atoms with Gasteiger partial charge >= 0.3 is 12.1 Å². The number of likely N-dealkylation sites (tertiary alicyclic amines) is 1. The zero-order chi connectivity index (χ0) is 21.6. The van der Waals surface area contributed by atoms with Gasteiger partial charge in [0.15, 0.2) is 0 Å². The third-order valence-electron chi connectivity index (χ3n) is 4.70. The Morgan fingerprint density at radius 2 is 2.03 bits per heavy atom. The summed E-state index contributed by atoms with van der Waals surface area (Å²) in [4.78, 5) is 30.3. The Bertz CT molecular complexity index is 682. The van der Waals surface area contributed by atoms with Gasteiger partial charge < -0.3 is 24.8 Å². The molecule has 0 unspecified atom stereocenters. The molecule has 2 rings (SSSR count). The van der Waals surface area contributed by atoms with Crippen LogP contribution in [0, 0.1) is 5.92 Å². The molecule has 0 spiro atoms. The molecule has 1 atom stereocenters. The fraction of sp³-hybridized carbons (Fsp3) is 0.750. The third kappa shape index (κ3) is 7.92. The maximum absolute atomic E-state index is 12.7. The predicted octanol–water partition coefficient (Wildman–Crippen LogP) is 2.56. The van der Waals surface area contributed by atoms with Crippen LogP contribution in [0.4, 0.5) is 15.3 Å². The van der Waals surface area contributed by atoms with E-state index in [1.165, 1.54) is 0 Å². The van der Waals surface area contributed by atoms with Gasteiger partial charge in [0.25, 0.3) is 0 Å². The predicted molar refractivity (Wildman–Crippen MR) is 113 cm³/mol. The highest BCUT2D eigenvalue weighted by Crippen LogP contribution is 2.19. The molecular weight excluding hydrogens is 372 g/mol. The summed E-state index contributed by atoms with van der Waals surface area (Å²) in [7, 11) is 5.77. The number of urea groups is 1. The van der Waals surface area contributed by atoms with Crippen molar-refractivity contribution >= 4 is 17.8 Å². The minimum atomic E-state index is -0.513. The Balaban J connectivity index is 1.83. The topological polar surface area (TPSA) is 82.9 Å². The van der Waals surface area contributed by atoms with Crippen molar-refractivity contribution in [1.29, 1.82) is 0 Å². The molecule has 1 aromatic rings. The molecule has 0 bridgehead atoms. The summed E-state index contributed by atoms with van der Waals surface area (Å²) in [6.07, 6.45) is 5.09. The summed E-state index contributed by atoms with van der Waals surface area (Å²) < 4.78 is 7.24. The maximum atomic E-state index is 12.7. The first-order valence-corrected chi connectivity index (χ1v) is 10.2. The summed E-state index contributed by atoms with van der Waals surface area (Å²) >= 11 is 0. The van der Waals surface area contributed by atoms with Gasteiger partial charge in [-0.25, -0.2) is 9.59 Å². The molecule has 164 valence electrons. The highest BCUT2D eigenvalue weighted by atomic mass is 16.6. The van der Waals surface area contributed by atoms with Crippen molar-refractivity contribution < 1.29 is 14.3 Å². The molecule has 0 aliphatic carbocycles. The number of hydrogen-bond donors (Lipinski definition) is 1. The molecule has 1 aliphatic rings. The van der Waals surface area contributed by atoms with E-state index in [1.807, 2.05) is 50.6 Å². The van der Waals surface area contributed by atoms with Crippen LogP contribution in [0.2, 0.25) is 0 Å². The van der Waals surface area contributed by atoms with Gasteiger partial charge in [0.05, 0.1) is 18.4 Å². The van der Waals surface area contributed by atoms with Crippen LogP contribution in [0.5, 0.6) is 0 Å². The van der Waals surface area contributed by atoms with Gasteiger partial charge in [-0.2, -0.15) is 5.10 Å². The molecule has 1 saturated heterocycles. The normalized spacial score (nSPS) is 17.3. The lowest BCUT2D eigenvalue weighted by molar-refractivity contribution is 0.0253. The largest absolute Gasteiger partial charge is 0.444 e. The average molecular weight is 409 g/mol. The quantitative estimate of drug-likeness (QED) is 0.782. The van der Waals surface area contributed by atoms with E-state index < -0.39 is 5.60 Å². The summed E-state index contributed by atoms with van der Waals surface area (Å²) in [5, 5.41) is 7.22. The van der Waals surface area contributed by atoms with Crippen LogP contribution in [0.3, 0.4) is 0 Å². The second-order valence-electron chi connectivity index (χ2n) is 9.04. The second kappa shape index (κ2) is 9.96. The molecule has 0 saturated carbocycles. The van der Waals surface area contributed by atoms with Gasteiger partial charge in [0.1, 0.15) is 5.60 Å². The van der Waals surface area contributed by atoms with E-state index in [9.17, 15) is 9.59 Å². The summed E-state index contributed by atoms with van der Waals surface area (Å²) in [6.45, 7) is 9.12. The molecule has 29 heavy (non-hydrogen) atoms. The Kier molecular flexibility index (Phi) is 7.89. The van der Waals surface area contributed by atoms with Crippen LogP contribution in [0.25, 0.3) is 0 Å². The van der Waals surface area contributed by atoms with Gasteiger partial charge in [-0.3, -0.25) is 4.68 Å². The first-order valence-electron chi connectivity index (χ1n) is 10.2. The van der Waals surface area contributed by atoms with E-state index in [2.05, 4.69) is 15.3 Å². The number of carbonyl (C=O) groups excluding carboxylic acids is 2. The summed E-state index contributed by atoms with van der Waals surface area (Å²) in [5.41, 5.74) is 0.183. The van der Waals surface area contributed by atoms with E-state index in [0.717, 1.165) is 25.9 Å². The van der Waals surface area contributed by atoms with Gasteiger partial charge in [-0.05, 0) is 53.6 Å². The molecule has 1 fully saturated rings. The lowest BCUT2D eigenvalue weighted by Crippen LogP contribution is -2.46. The standard InChI is InChI=1S/C20H36N6O3/c1-20(2,3)29-19(28)24(6)13-16-8-7-9-25(14-16)18(27)22-17-12-21-26(15-17)11-10-23(4)5/h12,15-16H,7-11,13-14H2,1-6H3,(H,22,27)/t16-/m0/s1. The zero-order valence-corrected chi connectivity index (χ0v) is 18.6. The van der Waals surface area contributed by atoms with E-state index >= 15 is 0 Å². The number of aromatic nitrogens is 2. The molecule has 3 amide bonds. The molecule has 1 aliphatic heterocycles. The number of amides is 3. The Morgan fingerprint density at radius 1 is 1.31 bits per heavy atom. The lowest BCUT2D eigenvalue weighted by atomic mass is 9.98. The molecule has 0 aromatic carbocycles. The van der Waals surface area contributed by atoms with Gasteiger partial charge in [-0.1, -0.05) is 0 Å². The van der Waals surface area contributed by atoms with Crippen LogP contribution in [0.15, 0.2) is 12.4 Å². The smallest absolute Gasteiger partial charge is 0.410 e. The number of anilines is 1. The number of piperidine rings is 1. The van der Waals surface area contributed by atoms with E-state index in [4.69, 9.17) is 4.74 Å². The number of ether oxygens (including phenoxy) is 1. The number of rotatable bonds is 6. The van der Waals surface area contributed by atoms with E-state index in [0.29, 0.717) is 25.3 Å². The summed E-state index contributed by atoms with van der Waals surface area (Å²) in [6, 6.07) is -0.123. The third-order valence-corrected chi connectivity index (χ3v) is 4.70. The minimum Gasteiger partial charge on any atom is -0.444 e. The van der Waals surface area contributed by atoms with Crippen LogP contribution in [0.1, 0.15) is 33.6 Å². The molecule has 1 aromatic heterocycles. The van der Waals surface area contributed by atoms with Crippen molar-refractivity contribution in [2.24, 2.45) is 5.92 Å². The van der Waals surface area contributed by atoms with Crippen LogP contribution in [-0.2, 0) is 11.3 Å². The van der Waals surface area contributed by atoms with Crippen LogP contribution in [-0.4, -0.2) is 89.5 Å². The first kappa shape index (κ1) is 23.0. The van der Waals surface area contributed by atoms with Crippen molar-refractivity contribution in [2.75, 3.05) is 52.6 Å². The summed E-state index contributed by atoms with van der Waals surface area (Å²) in [5.74, 6) is 0.231. The number of nitrogens with zero attached hydrogens (tertiary/aromatic N) is 5. The van der Waals surface area contributed by atoms with Crippen molar-refractivity contribution in [3.05, 3.63) is 12.4 Å². The minimum absolute atomic E-state index is 0.123. The van der Waals surface area contributed by atoms with Crippen molar-refractivity contribution in [3.8, 4) is 0 Å². The highest BCUT2D eigenvalue weighted by molar-refractivity contribution is 5.89. The van der Waals surface area contributed by atoms with Gasteiger partial charge in [-0.15, -0.1) is 0 Å². The Labute approximate surface area is 174 Å². The van der Waals surface area contributed by atoms with E-state index in [-0.39, 0.29) is 18.0 Å². The SMILES string of the molecule is CN(C)CCn1cc(NC(=O)N2CCC[C@@H](CN(C)C(=O)OC(C)(C)C)C2)cn1. The molecule has 2 heterocycles. The number of hydrogen-bond acceptors (Lipinski definition) is 5. The van der Waals surface area contributed by atoms with Crippen molar-refractivity contribution in [1.82, 2.24) is 24.5 Å². The Morgan fingerprint density at radius 3 is 2.69 bits per heavy atom. The number of nitrogens with one attached hydrogen (secondary N) is 1. The lowest BCUT2D eigenvalue weighted by Gasteiger charge is -2.35. The van der Waals surface area contributed by atoms with Crippen LogP contribution < -0.4 is 5.32 Å². The molecule has 9 heteroatoms. The van der Waals surface area contributed by atoms with Gasteiger partial charge in [0.2, 0.25) is 0 Å². The second-order valence-corrected chi connectivity index (χ2v) is 9.04. The van der Waals surface area contributed by atoms with Crippen molar-refractivity contribution in [3.63, 3.8) is 0 Å². The van der Waals surface area contributed by atoms with Gasteiger partial charge in [0, 0.05) is 39.4 Å². The van der Waals surface area contributed by atoms with E-state index in [1.54, 1.807) is 18.1 Å². The first-order chi connectivity index (χ1) is 13.5. The monoisotopic (exact) mass is 408 g/mol. The highest BCUT2D eigenvalue weighted by Gasteiger charge is 2.27. The fourth-order valence-electron chi connectivity index (χ4n) is 3.26. The maximum Gasteiger partial charge on any atom is 0.410 e. The molecule has 9 nitrogen and oxygen atoms in total. The number of likely N-dealkylation sites (N-methyl/N-ethyl adjacent to an activating group) is 1. The molecular formula is C20H36N6O3. The number of carbonyl (C=O) groups is 2. The zero-order valence-electron chi connectivity index (χ0n) is 18.6. The van der Waals surface area contributed by atoms with Crippen molar-refractivity contribution in [2.45, 2.75) is 45.8 Å². The fourth-order valence-corrected chi connectivity index (χ4v) is 3.26. The Hall–Kier alpha value is -2.29. The molecule has 0 radical (unpaired) electrons.